The van der Waals surface area contributed by atoms with E-state index in [-0.39, 0.29) is 0 Å². The second-order valence-electron chi connectivity index (χ2n) is 1.73. The summed E-state index contributed by atoms with van der Waals surface area (Å²) >= 11 is 0. The highest BCUT2D eigenvalue weighted by molar-refractivity contribution is 6.29. The largest absolute Gasteiger partial charge is 0.263 e. The molecule has 0 aliphatic carbocycles. The zero-order valence-electron chi connectivity index (χ0n) is 5.28. The van der Waals surface area contributed by atoms with Crippen molar-refractivity contribution in [1.29, 1.82) is 0 Å². The van der Waals surface area contributed by atoms with Gasteiger partial charge in [0.25, 0.3) is 0 Å². The molecule has 1 heterocycles. The lowest BCUT2D eigenvalue weighted by molar-refractivity contribution is 1.51. The molecule has 1 rings (SSSR count). The van der Waals surface area contributed by atoms with E-state index in [1.807, 2.05) is 19.1 Å². The van der Waals surface area contributed by atoms with Gasteiger partial charge in [0, 0.05) is 18.6 Å². The summed E-state index contributed by atoms with van der Waals surface area (Å²) in [6.45, 7) is 1.91. The SMILES string of the molecule is CC1=N/C=C/C=C\N=C1. The van der Waals surface area contributed by atoms with Crippen LogP contribution in [0.15, 0.2) is 34.5 Å². The molecule has 0 fully saturated rings. The van der Waals surface area contributed by atoms with Gasteiger partial charge in [0.15, 0.2) is 0 Å². The first-order valence-electron chi connectivity index (χ1n) is 2.79. The van der Waals surface area contributed by atoms with Crippen LogP contribution in [0.25, 0.3) is 0 Å². The zero-order chi connectivity index (χ0) is 6.53. The number of allylic oxidation sites excluding steroid dienone is 2. The van der Waals surface area contributed by atoms with Gasteiger partial charge < -0.3 is 0 Å². The number of aliphatic imine (C=N–C) groups is 2. The maximum atomic E-state index is 4.02. The number of hydrogen-bond donors (Lipinski definition) is 0. The number of nitrogens with zero attached hydrogens (tertiary/aromatic N) is 2. The van der Waals surface area contributed by atoms with Crippen LogP contribution in [-0.2, 0) is 0 Å². The lowest BCUT2D eigenvalue weighted by atomic mass is 10.4. The Hall–Kier alpha value is -1.18. The van der Waals surface area contributed by atoms with Crippen molar-refractivity contribution < 1.29 is 0 Å². The molecule has 0 aromatic heterocycles. The highest BCUT2D eigenvalue weighted by atomic mass is 14.7. The monoisotopic (exact) mass is 120 g/mol. The van der Waals surface area contributed by atoms with Gasteiger partial charge >= 0.3 is 0 Å². The fourth-order valence-corrected chi connectivity index (χ4v) is 0.494. The summed E-state index contributed by atoms with van der Waals surface area (Å²) in [5.41, 5.74) is 0.926. The first-order valence-corrected chi connectivity index (χ1v) is 2.79. The van der Waals surface area contributed by atoms with Gasteiger partial charge in [-0.25, -0.2) is 0 Å². The molecule has 0 bridgehead atoms. The van der Waals surface area contributed by atoms with Crippen LogP contribution in [0.3, 0.4) is 0 Å². The van der Waals surface area contributed by atoms with Crippen LogP contribution in [0.1, 0.15) is 6.92 Å². The van der Waals surface area contributed by atoms with Crippen LogP contribution in [0, 0.1) is 0 Å². The van der Waals surface area contributed by atoms with Gasteiger partial charge in [0.1, 0.15) is 0 Å². The molecular weight excluding hydrogens is 112 g/mol. The van der Waals surface area contributed by atoms with E-state index < -0.39 is 0 Å². The molecule has 2 nitrogen and oxygen atoms in total. The molecule has 0 saturated heterocycles. The minimum Gasteiger partial charge on any atom is -0.263 e. The normalized spacial score (nSPS) is 23.9. The average molecular weight is 120 g/mol. The van der Waals surface area contributed by atoms with Gasteiger partial charge in [-0.05, 0) is 19.1 Å². The fourth-order valence-electron chi connectivity index (χ4n) is 0.494. The topological polar surface area (TPSA) is 24.7 Å². The van der Waals surface area contributed by atoms with Crippen molar-refractivity contribution in [3.8, 4) is 0 Å². The van der Waals surface area contributed by atoms with E-state index in [2.05, 4.69) is 9.98 Å². The summed E-state index contributed by atoms with van der Waals surface area (Å²) < 4.78 is 0. The van der Waals surface area contributed by atoms with Gasteiger partial charge in [-0.1, -0.05) is 0 Å². The second kappa shape index (κ2) is 2.97. The van der Waals surface area contributed by atoms with Crippen LogP contribution in [0.2, 0.25) is 0 Å². The Morgan fingerprint density at radius 3 is 2.89 bits per heavy atom. The molecule has 0 spiro atoms. The lowest BCUT2D eigenvalue weighted by Gasteiger charge is -1.86. The summed E-state index contributed by atoms with van der Waals surface area (Å²) in [7, 11) is 0. The second-order valence-corrected chi connectivity index (χ2v) is 1.73. The molecule has 46 valence electrons. The van der Waals surface area contributed by atoms with Crippen LogP contribution in [0.5, 0.6) is 0 Å². The Bertz CT molecular complexity index is 197. The first-order chi connectivity index (χ1) is 4.39. The summed E-state index contributed by atoms with van der Waals surface area (Å²) in [6.07, 6.45) is 8.89. The maximum Gasteiger partial charge on any atom is 0.0555 e. The average Bonchev–Trinajstić information content (AvgIpc) is 1.79. The molecule has 2 heteroatoms. The van der Waals surface area contributed by atoms with Crippen molar-refractivity contribution in [2.75, 3.05) is 0 Å². The summed E-state index contributed by atoms with van der Waals surface area (Å²) in [5, 5.41) is 0. The lowest BCUT2D eigenvalue weighted by Crippen LogP contribution is -1.90. The van der Waals surface area contributed by atoms with Crippen molar-refractivity contribution in [2.24, 2.45) is 9.98 Å². The third-order valence-corrected chi connectivity index (χ3v) is 0.909. The van der Waals surface area contributed by atoms with Crippen LogP contribution < -0.4 is 0 Å². The Labute approximate surface area is 54.3 Å². The Balaban J connectivity index is 2.77. The zero-order valence-corrected chi connectivity index (χ0v) is 5.28. The molecule has 0 N–H and O–H groups in total. The number of hydrogen-bond acceptors (Lipinski definition) is 2. The highest BCUT2D eigenvalue weighted by Gasteiger charge is 1.79. The van der Waals surface area contributed by atoms with Crippen molar-refractivity contribution >= 4 is 11.9 Å². The molecule has 0 aromatic rings. The van der Waals surface area contributed by atoms with E-state index in [1.54, 1.807) is 18.6 Å². The first kappa shape index (κ1) is 5.95. The van der Waals surface area contributed by atoms with Gasteiger partial charge in [-0.2, -0.15) is 0 Å². The molecule has 1 aliphatic rings. The molecule has 0 radical (unpaired) electrons. The van der Waals surface area contributed by atoms with E-state index in [0.717, 1.165) is 5.71 Å². The molecular formula is C7H8N2. The van der Waals surface area contributed by atoms with E-state index in [4.69, 9.17) is 0 Å². The molecule has 1 aliphatic heterocycles. The Morgan fingerprint density at radius 2 is 2.00 bits per heavy atom. The van der Waals surface area contributed by atoms with Crippen LogP contribution in [0.4, 0.5) is 0 Å². The minimum atomic E-state index is 0.926. The molecule has 0 unspecified atom stereocenters. The van der Waals surface area contributed by atoms with E-state index in [9.17, 15) is 0 Å². The standard InChI is InChI=1S/C7H8N2/c1-7-6-8-4-2-3-5-9-7/h2-6H,1H3/b3-2?,4-2-,5-3+,7-6?,8-4?,8-6?,9-5?,9-7?. The summed E-state index contributed by atoms with van der Waals surface area (Å²) in [4.78, 5) is 7.94. The van der Waals surface area contributed by atoms with E-state index in [0.29, 0.717) is 0 Å². The minimum absolute atomic E-state index is 0.926. The van der Waals surface area contributed by atoms with Crippen LogP contribution in [-0.4, -0.2) is 11.9 Å². The van der Waals surface area contributed by atoms with Crippen molar-refractivity contribution in [1.82, 2.24) is 0 Å². The van der Waals surface area contributed by atoms with Gasteiger partial charge in [0.05, 0.1) is 5.71 Å². The Kier molecular flexibility index (Phi) is 1.96. The number of rotatable bonds is 0. The van der Waals surface area contributed by atoms with Crippen molar-refractivity contribution in [3.05, 3.63) is 24.6 Å². The van der Waals surface area contributed by atoms with Gasteiger partial charge in [-0.3, -0.25) is 9.98 Å². The third-order valence-electron chi connectivity index (χ3n) is 0.909. The van der Waals surface area contributed by atoms with Crippen molar-refractivity contribution in [2.45, 2.75) is 6.92 Å². The predicted molar refractivity (Wildman–Crippen MR) is 39.9 cm³/mol. The van der Waals surface area contributed by atoms with Crippen LogP contribution >= 0.6 is 0 Å². The summed E-state index contributed by atoms with van der Waals surface area (Å²) in [5.74, 6) is 0. The molecule has 0 saturated carbocycles. The van der Waals surface area contributed by atoms with Gasteiger partial charge in [0.2, 0.25) is 0 Å². The fraction of sp³-hybridized carbons (Fsp3) is 0.143. The molecule has 9 heavy (non-hydrogen) atoms. The van der Waals surface area contributed by atoms with Crippen molar-refractivity contribution in [3.63, 3.8) is 0 Å². The van der Waals surface area contributed by atoms with E-state index in [1.165, 1.54) is 0 Å². The third kappa shape index (κ3) is 2.04. The predicted octanol–water partition coefficient (Wildman–Crippen LogP) is 1.56. The highest BCUT2D eigenvalue weighted by Crippen LogP contribution is 1.85. The molecule has 0 atom stereocenters. The Morgan fingerprint density at radius 1 is 1.22 bits per heavy atom. The van der Waals surface area contributed by atoms with E-state index >= 15 is 0 Å². The maximum absolute atomic E-state index is 4.02. The molecule has 0 amide bonds. The van der Waals surface area contributed by atoms with Gasteiger partial charge in [-0.15, -0.1) is 0 Å². The summed E-state index contributed by atoms with van der Waals surface area (Å²) in [6, 6.07) is 0. The smallest absolute Gasteiger partial charge is 0.0555 e. The quantitative estimate of drug-likeness (QED) is 0.463. The molecule has 0 aromatic carbocycles.